The van der Waals surface area contributed by atoms with E-state index in [1.54, 1.807) is 28.6 Å². The van der Waals surface area contributed by atoms with E-state index in [1.165, 1.54) is 18.4 Å². The molecule has 33 heavy (non-hydrogen) atoms. The lowest BCUT2D eigenvalue weighted by atomic mass is 10.1. The van der Waals surface area contributed by atoms with Gasteiger partial charge in [0.25, 0.3) is 5.91 Å². The van der Waals surface area contributed by atoms with Crippen LogP contribution in [0, 0.1) is 0 Å². The largest absolute Gasteiger partial charge is 0.492 e. The molecule has 2 aromatic rings. The van der Waals surface area contributed by atoms with Crippen molar-refractivity contribution in [3.8, 4) is 5.75 Å². The lowest BCUT2D eigenvalue weighted by Gasteiger charge is -2.25. The van der Waals surface area contributed by atoms with Crippen LogP contribution in [0.1, 0.15) is 48.0 Å². The lowest BCUT2D eigenvalue weighted by Crippen LogP contribution is -2.35. The van der Waals surface area contributed by atoms with E-state index in [4.69, 9.17) is 4.74 Å². The van der Waals surface area contributed by atoms with Crippen LogP contribution in [-0.2, 0) is 16.6 Å². The van der Waals surface area contributed by atoms with Crippen LogP contribution in [0.25, 0.3) is 0 Å². The van der Waals surface area contributed by atoms with E-state index in [-0.39, 0.29) is 5.91 Å². The Hall–Kier alpha value is -2.42. The van der Waals surface area contributed by atoms with Crippen molar-refractivity contribution in [3.05, 3.63) is 59.7 Å². The Bertz CT molecular complexity index is 1010. The first kappa shape index (κ1) is 23.7. The molecule has 0 aromatic heterocycles. The zero-order chi connectivity index (χ0) is 23.1. The molecule has 0 unspecified atom stereocenters. The summed E-state index contributed by atoms with van der Waals surface area (Å²) in [4.78, 5) is 15.1. The number of carbonyl (C=O) groups excluding carboxylic acids is 1. The highest BCUT2D eigenvalue weighted by Crippen LogP contribution is 2.22. The molecule has 0 atom stereocenters. The number of nitrogens with one attached hydrogen (secondary N) is 1. The minimum absolute atomic E-state index is 0.130. The molecule has 0 saturated carbocycles. The second kappa shape index (κ2) is 11.1. The normalized spacial score (nSPS) is 17.7. The summed E-state index contributed by atoms with van der Waals surface area (Å²) in [5, 5.41) is 2.86. The summed E-state index contributed by atoms with van der Waals surface area (Å²) in [5.74, 6) is 0.447. The fourth-order valence-electron chi connectivity index (χ4n) is 4.36. The van der Waals surface area contributed by atoms with Crippen LogP contribution in [0.2, 0.25) is 0 Å². The molecule has 0 spiro atoms. The summed E-state index contributed by atoms with van der Waals surface area (Å²) in [5.41, 5.74) is 1.86. The molecule has 2 aliphatic heterocycles. The van der Waals surface area contributed by atoms with Gasteiger partial charge in [0.05, 0.1) is 11.4 Å². The van der Waals surface area contributed by atoms with Gasteiger partial charge in [-0.15, -0.1) is 0 Å². The van der Waals surface area contributed by atoms with Gasteiger partial charge in [0.2, 0.25) is 10.0 Å². The van der Waals surface area contributed by atoms with Gasteiger partial charge in [-0.2, -0.15) is 4.31 Å². The van der Waals surface area contributed by atoms with E-state index in [9.17, 15) is 13.2 Å². The second-order valence-corrected chi connectivity index (χ2v) is 10.7. The number of hydrogen-bond acceptors (Lipinski definition) is 5. The van der Waals surface area contributed by atoms with E-state index in [0.29, 0.717) is 42.4 Å². The molecule has 8 heteroatoms. The maximum absolute atomic E-state index is 12.7. The van der Waals surface area contributed by atoms with Crippen LogP contribution < -0.4 is 10.1 Å². The first-order chi connectivity index (χ1) is 16.0. The number of sulfonamides is 1. The van der Waals surface area contributed by atoms with E-state index in [2.05, 4.69) is 10.2 Å². The van der Waals surface area contributed by atoms with E-state index >= 15 is 0 Å². The first-order valence-corrected chi connectivity index (χ1v) is 13.3. The number of piperidine rings is 1. The minimum Gasteiger partial charge on any atom is -0.492 e. The van der Waals surface area contributed by atoms with Crippen molar-refractivity contribution in [1.82, 2.24) is 14.5 Å². The van der Waals surface area contributed by atoms with Gasteiger partial charge in [0.15, 0.2) is 0 Å². The summed E-state index contributed by atoms with van der Waals surface area (Å²) >= 11 is 0. The first-order valence-electron chi connectivity index (χ1n) is 11.8. The van der Waals surface area contributed by atoms with Gasteiger partial charge >= 0.3 is 0 Å². The number of likely N-dealkylation sites (tertiary alicyclic amines) is 1. The van der Waals surface area contributed by atoms with Gasteiger partial charge in [-0.05, 0) is 80.7 Å². The summed E-state index contributed by atoms with van der Waals surface area (Å²) in [6.45, 7) is 5.08. The Labute approximate surface area is 196 Å². The third-order valence-corrected chi connectivity index (χ3v) is 8.17. The highest BCUT2D eigenvalue weighted by atomic mass is 32.2. The smallest absolute Gasteiger partial charge is 0.251 e. The molecule has 178 valence electrons. The summed E-state index contributed by atoms with van der Waals surface area (Å²) < 4.78 is 32.6. The van der Waals surface area contributed by atoms with E-state index < -0.39 is 10.0 Å². The van der Waals surface area contributed by atoms with Crippen LogP contribution >= 0.6 is 0 Å². The molecule has 7 nitrogen and oxygen atoms in total. The molecular weight excluding hydrogens is 438 g/mol. The molecule has 0 radical (unpaired) electrons. The SMILES string of the molecule is O=C(NCCOc1ccc(S(=O)(=O)N2CCCCC2)cc1)c1ccc(CN2CCCC2)cc1. The minimum atomic E-state index is -3.44. The molecule has 1 N–H and O–H groups in total. The van der Waals surface area contributed by atoms with Gasteiger partial charge in [-0.25, -0.2) is 8.42 Å². The molecule has 1 amide bonds. The van der Waals surface area contributed by atoms with Crippen molar-refractivity contribution in [2.24, 2.45) is 0 Å². The number of rotatable bonds is 9. The number of hydrogen-bond donors (Lipinski definition) is 1. The van der Waals surface area contributed by atoms with Crippen molar-refractivity contribution in [1.29, 1.82) is 0 Å². The lowest BCUT2D eigenvalue weighted by molar-refractivity contribution is 0.0947. The predicted octanol–water partition coefficient (Wildman–Crippen LogP) is 3.27. The highest BCUT2D eigenvalue weighted by Gasteiger charge is 2.25. The monoisotopic (exact) mass is 471 g/mol. The predicted molar refractivity (Wildman–Crippen MR) is 128 cm³/mol. The number of benzene rings is 2. The van der Waals surface area contributed by atoms with Crippen molar-refractivity contribution < 1.29 is 17.9 Å². The van der Waals surface area contributed by atoms with Crippen LogP contribution in [0.15, 0.2) is 53.4 Å². The molecule has 2 saturated heterocycles. The quantitative estimate of drug-likeness (QED) is 0.568. The fourth-order valence-corrected chi connectivity index (χ4v) is 5.88. The Balaban J connectivity index is 1.20. The second-order valence-electron chi connectivity index (χ2n) is 8.72. The Morgan fingerprint density at radius 2 is 1.48 bits per heavy atom. The summed E-state index contributed by atoms with van der Waals surface area (Å²) in [6, 6.07) is 14.3. The molecular formula is C25H33N3O4S. The number of ether oxygens (including phenoxy) is 1. The highest BCUT2D eigenvalue weighted by molar-refractivity contribution is 7.89. The van der Waals surface area contributed by atoms with Crippen LogP contribution in [0.5, 0.6) is 5.75 Å². The maximum Gasteiger partial charge on any atom is 0.251 e. The van der Waals surface area contributed by atoms with Crippen LogP contribution in [-0.4, -0.2) is 62.9 Å². The maximum atomic E-state index is 12.7. The van der Waals surface area contributed by atoms with Crippen molar-refractivity contribution in [3.63, 3.8) is 0 Å². The molecule has 2 fully saturated rings. The van der Waals surface area contributed by atoms with Crippen molar-refractivity contribution in [2.75, 3.05) is 39.3 Å². The molecule has 2 heterocycles. The van der Waals surface area contributed by atoms with Gasteiger partial charge in [-0.1, -0.05) is 18.6 Å². The summed E-state index contributed by atoms with van der Waals surface area (Å²) in [7, 11) is -3.44. The molecule has 4 rings (SSSR count). The van der Waals surface area contributed by atoms with Crippen LogP contribution in [0.3, 0.4) is 0 Å². The Morgan fingerprint density at radius 3 is 2.15 bits per heavy atom. The average molecular weight is 472 g/mol. The Kier molecular flexibility index (Phi) is 8.01. The van der Waals surface area contributed by atoms with Gasteiger partial charge in [-0.3, -0.25) is 9.69 Å². The van der Waals surface area contributed by atoms with Gasteiger partial charge in [0, 0.05) is 25.2 Å². The third-order valence-electron chi connectivity index (χ3n) is 6.25. The van der Waals surface area contributed by atoms with Crippen molar-refractivity contribution in [2.45, 2.75) is 43.5 Å². The van der Waals surface area contributed by atoms with E-state index in [0.717, 1.165) is 38.9 Å². The topological polar surface area (TPSA) is 78.9 Å². The molecule has 2 aliphatic rings. The summed E-state index contributed by atoms with van der Waals surface area (Å²) in [6.07, 6.45) is 5.44. The fraction of sp³-hybridized carbons (Fsp3) is 0.480. The van der Waals surface area contributed by atoms with E-state index in [1.807, 2.05) is 24.3 Å². The number of amides is 1. The van der Waals surface area contributed by atoms with Gasteiger partial charge in [0.1, 0.15) is 12.4 Å². The molecule has 2 aromatic carbocycles. The average Bonchev–Trinajstić information content (AvgIpc) is 3.36. The number of carbonyl (C=O) groups is 1. The van der Waals surface area contributed by atoms with Gasteiger partial charge < -0.3 is 10.1 Å². The molecule has 0 aliphatic carbocycles. The van der Waals surface area contributed by atoms with Crippen LogP contribution in [0.4, 0.5) is 0 Å². The zero-order valence-electron chi connectivity index (χ0n) is 19.0. The number of nitrogens with zero attached hydrogens (tertiary/aromatic N) is 2. The van der Waals surface area contributed by atoms with Crippen molar-refractivity contribution >= 4 is 15.9 Å². The Morgan fingerprint density at radius 1 is 0.848 bits per heavy atom. The zero-order valence-corrected chi connectivity index (χ0v) is 19.9. The standard InChI is InChI=1S/C25H33N3O4S/c29-25(22-8-6-21(7-9-22)20-27-15-4-5-16-27)26-14-19-32-23-10-12-24(13-11-23)33(30,31)28-17-2-1-3-18-28/h6-13H,1-5,14-20H2,(H,26,29). The molecule has 0 bridgehead atoms. The third kappa shape index (κ3) is 6.34.